The lowest BCUT2D eigenvalue weighted by atomic mass is 10.2. The highest BCUT2D eigenvalue weighted by atomic mass is 79.9. The second-order valence-electron chi connectivity index (χ2n) is 6.37. The molecule has 1 N–H and O–H groups in total. The molecule has 0 aliphatic carbocycles. The second-order valence-corrected chi connectivity index (χ2v) is 9.18. The molecule has 0 saturated carbocycles. The molecule has 3 rings (SSSR count). The Morgan fingerprint density at radius 1 is 1.14 bits per heavy atom. The number of sulfonamides is 1. The van der Waals surface area contributed by atoms with Crippen molar-refractivity contribution in [3.8, 4) is 0 Å². The van der Waals surface area contributed by atoms with Crippen LogP contribution in [0.25, 0.3) is 0 Å². The van der Waals surface area contributed by atoms with Gasteiger partial charge < -0.3 is 5.32 Å². The fourth-order valence-electron chi connectivity index (χ4n) is 3.02. The number of nitrogens with zero attached hydrogens (tertiary/aromatic N) is 1. The van der Waals surface area contributed by atoms with Gasteiger partial charge in [-0.1, -0.05) is 15.9 Å². The van der Waals surface area contributed by atoms with Gasteiger partial charge in [-0.25, -0.2) is 21.6 Å². The van der Waals surface area contributed by atoms with Crippen LogP contribution in [0.5, 0.6) is 0 Å². The summed E-state index contributed by atoms with van der Waals surface area (Å²) in [5, 5.41) is 2.52. The van der Waals surface area contributed by atoms with Crippen LogP contribution in [0.4, 0.5) is 13.2 Å². The first-order valence-electron chi connectivity index (χ1n) is 8.31. The Balaban J connectivity index is 1.77. The number of carbonyl (C=O) groups is 1. The van der Waals surface area contributed by atoms with E-state index >= 15 is 0 Å². The van der Waals surface area contributed by atoms with Gasteiger partial charge in [0.15, 0.2) is 0 Å². The molecule has 2 aromatic rings. The van der Waals surface area contributed by atoms with E-state index in [2.05, 4.69) is 21.2 Å². The number of halogens is 4. The van der Waals surface area contributed by atoms with Crippen molar-refractivity contribution in [3.05, 3.63) is 64.1 Å². The van der Waals surface area contributed by atoms with Crippen molar-refractivity contribution in [2.24, 2.45) is 0 Å². The van der Waals surface area contributed by atoms with Crippen LogP contribution in [-0.2, 0) is 21.4 Å². The van der Waals surface area contributed by atoms with Crippen LogP contribution in [0.2, 0.25) is 0 Å². The molecule has 28 heavy (non-hydrogen) atoms. The molecule has 0 unspecified atom stereocenters. The fourth-order valence-corrected chi connectivity index (χ4v) is 5.16. The van der Waals surface area contributed by atoms with Gasteiger partial charge in [0, 0.05) is 24.0 Å². The van der Waals surface area contributed by atoms with Crippen LogP contribution >= 0.6 is 15.9 Å². The topological polar surface area (TPSA) is 66.5 Å². The highest BCUT2D eigenvalue weighted by Crippen LogP contribution is 2.28. The van der Waals surface area contributed by atoms with E-state index in [0.29, 0.717) is 10.0 Å². The SMILES string of the molecule is O=C(NCc1cc(F)cc(Br)c1)[C@@H]1C[C@@H](F)CN1S(=O)(=O)c1ccc(F)cc1. The second kappa shape index (κ2) is 8.22. The Hall–Kier alpha value is -1.91. The number of amides is 1. The Morgan fingerprint density at radius 2 is 1.82 bits per heavy atom. The predicted molar refractivity (Wildman–Crippen MR) is 99.5 cm³/mol. The first kappa shape index (κ1) is 20.8. The molecule has 2 aromatic carbocycles. The van der Waals surface area contributed by atoms with Crippen molar-refractivity contribution in [3.63, 3.8) is 0 Å². The van der Waals surface area contributed by atoms with E-state index in [-0.39, 0.29) is 17.9 Å². The molecule has 1 fully saturated rings. The summed E-state index contributed by atoms with van der Waals surface area (Å²) in [7, 11) is -4.18. The van der Waals surface area contributed by atoms with Crippen LogP contribution in [0.1, 0.15) is 12.0 Å². The van der Waals surface area contributed by atoms with Crippen LogP contribution < -0.4 is 5.32 Å². The van der Waals surface area contributed by atoms with Gasteiger partial charge in [-0.05, 0) is 48.0 Å². The van der Waals surface area contributed by atoms with Crippen molar-refractivity contribution in [1.29, 1.82) is 0 Å². The molecular formula is C18H16BrF3N2O3S. The third-order valence-electron chi connectivity index (χ3n) is 4.32. The van der Waals surface area contributed by atoms with E-state index < -0.39 is 46.3 Å². The van der Waals surface area contributed by atoms with Crippen molar-refractivity contribution >= 4 is 31.9 Å². The predicted octanol–water partition coefficient (Wildman–Crippen LogP) is 3.14. The van der Waals surface area contributed by atoms with E-state index in [1.165, 1.54) is 12.1 Å². The van der Waals surface area contributed by atoms with E-state index in [1.807, 2.05) is 0 Å². The van der Waals surface area contributed by atoms with E-state index in [1.54, 1.807) is 6.07 Å². The van der Waals surface area contributed by atoms with Gasteiger partial charge in [-0.15, -0.1) is 0 Å². The number of alkyl halides is 1. The highest BCUT2D eigenvalue weighted by molar-refractivity contribution is 9.10. The molecule has 1 heterocycles. The molecule has 0 radical (unpaired) electrons. The Bertz CT molecular complexity index is 966. The zero-order valence-electron chi connectivity index (χ0n) is 14.4. The first-order valence-corrected chi connectivity index (χ1v) is 10.5. The molecule has 150 valence electrons. The van der Waals surface area contributed by atoms with Crippen molar-refractivity contribution < 1.29 is 26.4 Å². The van der Waals surface area contributed by atoms with E-state index in [9.17, 15) is 26.4 Å². The summed E-state index contributed by atoms with van der Waals surface area (Å²) in [6.45, 7) is -0.517. The number of hydrogen-bond donors (Lipinski definition) is 1. The lowest BCUT2D eigenvalue weighted by molar-refractivity contribution is -0.124. The lowest BCUT2D eigenvalue weighted by Crippen LogP contribution is -2.45. The number of carbonyl (C=O) groups excluding carboxylic acids is 1. The van der Waals surface area contributed by atoms with Gasteiger partial charge in [0.25, 0.3) is 0 Å². The Labute approximate surface area is 168 Å². The van der Waals surface area contributed by atoms with Gasteiger partial charge >= 0.3 is 0 Å². The molecule has 0 bridgehead atoms. The molecule has 5 nitrogen and oxygen atoms in total. The molecule has 0 aromatic heterocycles. The summed E-state index contributed by atoms with van der Waals surface area (Å²) in [6.07, 6.45) is -1.80. The molecule has 1 amide bonds. The summed E-state index contributed by atoms with van der Waals surface area (Å²) in [6, 6.07) is 6.92. The standard InChI is InChI=1S/C18H16BrF3N2O3S/c19-12-5-11(6-14(21)7-12)9-23-18(25)17-8-15(22)10-24(17)28(26,27)16-3-1-13(20)2-4-16/h1-7,15,17H,8-10H2,(H,23,25)/t15-,17+/m1/s1. The summed E-state index contributed by atoms with van der Waals surface area (Å²) in [5.41, 5.74) is 0.461. The maximum atomic E-state index is 14.0. The van der Waals surface area contributed by atoms with Crippen molar-refractivity contribution in [2.45, 2.75) is 30.1 Å². The number of benzene rings is 2. The number of rotatable bonds is 5. The van der Waals surface area contributed by atoms with Gasteiger partial charge in [0.2, 0.25) is 15.9 Å². The quantitative estimate of drug-likeness (QED) is 0.720. The van der Waals surface area contributed by atoms with Crippen LogP contribution in [0.3, 0.4) is 0 Å². The van der Waals surface area contributed by atoms with Gasteiger partial charge in [0.05, 0.1) is 4.90 Å². The largest absolute Gasteiger partial charge is 0.351 e. The summed E-state index contributed by atoms with van der Waals surface area (Å²) >= 11 is 3.14. The highest BCUT2D eigenvalue weighted by Gasteiger charge is 2.44. The van der Waals surface area contributed by atoms with Crippen molar-refractivity contribution in [1.82, 2.24) is 9.62 Å². The Kier molecular flexibility index (Phi) is 6.11. The van der Waals surface area contributed by atoms with Gasteiger partial charge in [0.1, 0.15) is 23.8 Å². The molecular weight excluding hydrogens is 461 g/mol. The molecule has 0 spiro atoms. The minimum absolute atomic E-state index is 0.0485. The van der Waals surface area contributed by atoms with E-state index in [0.717, 1.165) is 28.6 Å². The van der Waals surface area contributed by atoms with Crippen LogP contribution in [0, 0.1) is 11.6 Å². The van der Waals surface area contributed by atoms with Crippen LogP contribution in [0.15, 0.2) is 51.8 Å². The maximum Gasteiger partial charge on any atom is 0.243 e. The summed E-state index contributed by atoms with van der Waals surface area (Å²) < 4.78 is 67.3. The molecule has 2 atom stereocenters. The summed E-state index contributed by atoms with van der Waals surface area (Å²) in [4.78, 5) is 12.3. The zero-order valence-corrected chi connectivity index (χ0v) is 16.8. The smallest absolute Gasteiger partial charge is 0.243 e. The van der Waals surface area contributed by atoms with Crippen molar-refractivity contribution in [2.75, 3.05) is 6.54 Å². The van der Waals surface area contributed by atoms with Crippen LogP contribution in [-0.4, -0.2) is 37.4 Å². The van der Waals surface area contributed by atoms with E-state index in [4.69, 9.17) is 0 Å². The monoisotopic (exact) mass is 476 g/mol. The molecule has 1 aliphatic rings. The third kappa shape index (κ3) is 4.56. The third-order valence-corrected chi connectivity index (χ3v) is 6.66. The minimum Gasteiger partial charge on any atom is -0.351 e. The number of hydrogen-bond acceptors (Lipinski definition) is 3. The zero-order chi connectivity index (χ0) is 20.5. The molecule has 1 saturated heterocycles. The molecule has 1 aliphatic heterocycles. The summed E-state index contributed by atoms with van der Waals surface area (Å²) in [5.74, 6) is -1.80. The van der Waals surface area contributed by atoms with Gasteiger partial charge in [-0.3, -0.25) is 4.79 Å². The number of nitrogens with one attached hydrogen (secondary N) is 1. The molecule has 10 heteroatoms. The van der Waals surface area contributed by atoms with Gasteiger partial charge in [-0.2, -0.15) is 4.31 Å². The average molecular weight is 477 g/mol. The maximum absolute atomic E-state index is 14.0. The first-order chi connectivity index (χ1) is 13.2. The normalized spacial score (nSPS) is 20.3. The fraction of sp³-hybridized carbons (Fsp3) is 0.278. The average Bonchev–Trinajstić information content (AvgIpc) is 3.02. The lowest BCUT2D eigenvalue weighted by Gasteiger charge is -2.23. The minimum atomic E-state index is -4.18. The Morgan fingerprint density at radius 3 is 2.46 bits per heavy atom.